The van der Waals surface area contributed by atoms with Crippen molar-refractivity contribution in [2.24, 2.45) is 16.8 Å². The molecule has 6 heteroatoms. The summed E-state index contributed by atoms with van der Waals surface area (Å²) in [5.74, 6) is 2.77. The van der Waals surface area contributed by atoms with Crippen molar-refractivity contribution in [1.82, 2.24) is 10.2 Å². The molecule has 3 atom stereocenters. The molecule has 3 aliphatic rings. The summed E-state index contributed by atoms with van der Waals surface area (Å²) in [6.45, 7) is 5.98. The first-order valence-corrected chi connectivity index (χ1v) is 10.2. The van der Waals surface area contributed by atoms with Gasteiger partial charge in [-0.1, -0.05) is 31.0 Å². The van der Waals surface area contributed by atoms with Crippen LogP contribution in [0.25, 0.3) is 0 Å². The van der Waals surface area contributed by atoms with Gasteiger partial charge in [0, 0.05) is 31.9 Å². The first kappa shape index (κ1) is 20.4. The Morgan fingerprint density at radius 1 is 1.22 bits per heavy atom. The number of carbonyl (C=O) groups is 1. The first-order chi connectivity index (χ1) is 12.8. The minimum atomic E-state index is -0.0704. The summed E-state index contributed by atoms with van der Waals surface area (Å²) in [5.41, 5.74) is 2.08. The Kier molecular flexibility index (Phi) is 7.00. The Morgan fingerprint density at radius 2 is 1.93 bits per heavy atom. The monoisotopic (exact) mass is 482 g/mol. The zero-order valence-corrected chi connectivity index (χ0v) is 18.4. The average molecular weight is 482 g/mol. The number of amides is 1. The lowest BCUT2D eigenvalue weighted by atomic mass is 9.82. The number of hydrogen-bond donors (Lipinski definition) is 2. The highest BCUT2D eigenvalue weighted by Crippen LogP contribution is 2.36. The molecule has 1 saturated carbocycles. The number of aliphatic imine (C=N–C) groups is 1. The molecule has 2 heterocycles. The molecule has 1 aliphatic carbocycles. The molecule has 0 radical (unpaired) electrons. The van der Waals surface area contributed by atoms with E-state index >= 15 is 0 Å². The maximum absolute atomic E-state index is 12.3. The Morgan fingerprint density at radius 3 is 2.63 bits per heavy atom. The third-order valence-electron chi connectivity index (χ3n) is 6.20. The number of para-hydroxylation sites is 1. The summed E-state index contributed by atoms with van der Waals surface area (Å²) in [7, 11) is 0. The second-order valence-corrected chi connectivity index (χ2v) is 7.86. The zero-order chi connectivity index (χ0) is 17.9. The molecular formula is C21H31IN4O. The van der Waals surface area contributed by atoms with Gasteiger partial charge in [0.05, 0.1) is 5.92 Å². The number of nitrogens with zero attached hydrogens (tertiary/aromatic N) is 2. The maximum atomic E-state index is 12.3. The van der Waals surface area contributed by atoms with Gasteiger partial charge in [0.25, 0.3) is 0 Å². The number of guanidine groups is 1. The maximum Gasteiger partial charge on any atom is 0.232 e. The van der Waals surface area contributed by atoms with Gasteiger partial charge >= 0.3 is 0 Å². The first-order valence-electron chi connectivity index (χ1n) is 10.2. The number of anilines is 1. The molecule has 4 rings (SSSR count). The number of benzene rings is 1. The molecule has 2 aliphatic heterocycles. The van der Waals surface area contributed by atoms with Crippen LogP contribution in [0.1, 0.15) is 50.5 Å². The molecule has 2 N–H and O–H groups in total. The van der Waals surface area contributed by atoms with Crippen molar-refractivity contribution < 1.29 is 4.79 Å². The quantitative estimate of drug-likeness (QED) is 0.390. The SMILES string of the molecule is CCNC(=NCCC1C(=O)Nc2ccccc21)N1CC2CCCCC2C1.I. The van der Waals surface area contributed by atoms with E-state index in [4.69, 9.17) is 4.99 Å². The van der Waals surface area contributed by atoms with E-state index in [1.165, 1.54) is 25.7 Å². The van der Waals surface area contributed by atoms with Crippen LogP contribution in [0, 0.1) is 11.8 Å². The van der Waals surface area contributed by atoms with Crippen molar-refractivity contribution in [3.8, 4) is 0 Å². The minimum Gasteiger partial charge on any atom is -0.357 e. The summed E-state index contributed by atoms with van der Waals surface area (Å²) in [5, 5.41) is 6.45. The van der Waals surface area contributed by atoms with E-state index in [1.807, 2.05) is 18.2 Å². The van der Waals surface area contributed by atoms with Crippen molar-refractivity contribution in [3.63, 3.8) is 0 Å². The molecule has 1 aromatic carbocycles. The fraction of sp³-hybridized carbons (Fsp3) is 0.619. The van der Waals surface area contributed by atoms with E-state index in [2.05, 4.69) is 28.5 Å². The fourth-order valence-corrected chi connectivity index (χ4v) is 4.87. The van der Waals surface area contributed by atoms with Gasteiger partial charge in [0.2, 0.25) is 5.91 Å². The second kappa shape index (κ2) is 9.26. The van der Waals surface area contributed by atoms with Gasteiger partial charge in [-0.3, -0.25) is 9.79 Å². The summed E-state index contributed by atoms with van der Waals surface area (Å²) >= 11 is 0. The summed E-state index contributed by atoms with van der Waals surface area (Å²) in [4.78, 5) is 19.6. The lowest BCUT2D eigenvalue weighted by Crippen LogP contribution is -2.40. The zero-order valence-electron chi connectivity index (χ0n) is 16.1. The standard InChI is InChI=1S/C21H30N4O.HI/c1-2-22-21(25-13-15-7-3-4-8-16(15)14-25)23-12-11-18-17-9-5-6-10-19(17)24-20(18)26;/h5-6,9-10,15-16,18H,2-4,7-8,11-14H2,1H3,(H,22,23)(H,24,26);1H. The van der Waals surface area contributed by atoms with E-state index < -0.39 is 0 Å². The molecule has 2 fully saturated rings. The van der Waals surface area contributed by atoms with Crippen LogP contribution in [0.4, 0.5) is 5.69 Å². The minimum absolute atomic E-state index is 0. The molecule has 0 aromatic heterocycles. The molecule has 0 spiro atoms. The van der Waals surface area contributed by atoms with Gasteiger partial charge in [-0.05, 0) is 49.7 Å². The number of rotatable bonds is 4. The molecule has 27 heavy (non-hydrogen) atoms. The Hall–Kier alpha value is -1.31. The lowest BCUT2D eigenvalue weighted by Gasteiger charge is -2.22. The lowest BCUT2D eigenvalue weighted by molar-refractivity contribution is -0.117. The van der Waals surface area contributed by atoms with Crippen LogP contribution < -0.4 is 10.6 Å². The Balaban J connectivity index is 0.00000210. The van der Waals surface area contributed by atoms with E-state index in [1.54, 1.807) is 0 Å². The molecule has 0 bridgehead atoms. The number of fused-ring (bicyclic) bond motifs is 2. The second-order valence-electron chi connectivity index (χ2n) is 7.86. The number of likely N-dealkylation sites (tertiary alicyclic amines) is 1. The van der Waals surface area contributed by atoms with Gasteiger partial charge in [-0.25, -0.2) is 0 Å². The van der Waals surface area contributed by atoms with Crippen LogP contribution in [0.3, 0.4) is 0 Å². The topological polar surface area (TPSA) is 56.7 Å². The third kappa shape index (κ3) is 4.41. The Bertz CT molecular complexity index is 679. The summed E-state index contributed by atoms with van der Waals surface area (Å²) in [6.07, 6.45) is 6.29. The average Bonchev–Trinajstić information content (AvgIpc) is 3.22. The normalized spacial score (nSPS) is 26.9. The molecular weight excluding hydrogens is 451 g/mol. The van der Waals surface area contributed by atoms with Crippen LogP contribution in [0.5, 0.6) is 0 Å². The molecule has 1 aromatic rings. The van der Waals surface area contributed by atoms with Gasteiger partial charge in [0.1, 0.15) is 0 Å². The van der Waals surface area contributed by atoms with Crippen molar-refractivity contribution >= 4 is 41.5 Å². The van der Waals surface area contributed by atoms with Crippen LogP contribution in [-0.2, 0) is 4.79 Å². The number of nitrogens with one attached hydrogen (secondary N) is 2. The molecule has 1 amide bonds. The number of halogens is 1. The highest BCUT2D eigenvalue weighted by Gasteiger charge is 2.35. The third-order valence-corrected chi connectivity index (χ3v) is 6.20. The van der Waals surface area contributed by atoms with Crippen LogP contribution >= 0.6 is 24.0 Å². The highest BCUT2D eigenvalue weighted by molar-refractivity contribution is 14.0. The van der Waals surface area contributed by atoms with Crippen molar-refractivity contribution in [3.05, 3.63) is 29.8 Å². The van der Waals surface area contributed by atoms with Crippen molar-refractivity contribution in [2.45, 2.75) is 44.9 Å². The van der Waals surface area contributed by atoms with Crippen LogP contribution in [0.15, 0.2) is 29.3 Å². The smallest absolute Gasteiger partial charge is 0.232 e. The molecule has 148 valence electrons. The van der Waals surface area contributed by atoms with E-state index in [9.17, 15) is 4.79 Å². The summed E-state index contributed by atoms with van der Waals surface area (Å²) in [6, 6.07) is 8.01. The molecule has 1 saturated heterocycles. The van der Waals surface area contributed by atoms with Crippen LogP contribution in [-0.4, -0.2) is 42.9 Å². The van der Waals surface area contributed by atoms with Crippen molar-refractivity contribution in [2.75, 3.05) is 31.5 Å². The number of carbonyl (C=O) groups excluding carboxylic acids is 1. The van der Waals surface area contributed by atoms with E-state index in [-0.39, 0.29) is 35.8 Å². The van der Waals surface area contributed by atoms with E-state index in [0.29, 0.717) is 6.54 Å². The summed E-state index contributed by atoms with van der Waals surface area (Å²) < 4.78 is 0. The van der Waals surface area contributed by atoms with Gasteiger partial charge < -0.3 is 15.5 Å². The van der Waals surface area contributed by atoms with Gasteiger partial charge in [-0.2, -0.15) is 0 Å². The largest absolute Gasteiger partial charge is 0.357 e. The fourth-order valence-electron chi connectivity index (χ4n) is 4.87. The Labute approximate surface area is 179 Å². The van der Waals surface area contributed by atoms with Gasteiger partial charge in [0.15, 0.2) is 5.96 Å². The van der Waals surface area contributed by atoms with E-state index in [0.717, 1.165) is 55.1 Å². The molecule has 5 nitrogen and oxygen atoms in total. The molecule has 3 unspecified atom stereocenters. The van der Waals surface area contributed by atoms with Crippen LogP contribution in [0.2, 0.25) is 0 Å². The van der Waals surface area contributed by atoms with Crippen molar-refractivity contribution in [1.29, 1.82) is 0 Å². The highest BCUT2D eigenvalue weighted by atomic mass is 127. The van der Waals surface area contributed by atoms with Gasteiger partial charge in [-0.15, -0.1) is 24.0 Å². The predicted octanol–water partition coefficient (Wildman–Crippen LogP) is 3.82. The number of hydrogen-bond acceptors (Lipinski definition) is 2. The predicted molar refractivity (Wildman–Crippen MR) is 121 cm³/mol.